The van der Waals surface area contributed by atoms with Gasteiger partial charge in [0, 0.05) is 11.3 Å². The third-order valence-corrected chi connectivity index (χ3v) is 5.43. The summed E-state index contributed by atoms with van der Waals surface area (Å²) in [5.41, 5.74) is 5.14. The second kappa shape index (κ2) is 6.20. The van der Waals surface area contributed by atoms with Crippen LogP contribution in [0.5, 0.6) is 0 Å². The van der Waals surface area contributed by atoms with Crippen molar-refractivity contribution in [2.24, 2.45) is 0 Å². The molecule has 23 heavy (non-hydrogen) atoms. The van der Waals surface area contributed by atoms with Crippen molar-refractivity contribution < 1.29 is 4.42 Å². The Kier molecular flexibility index (Phi) is 3.92. The van der Waals surface area contributed by atoms with Crippen LogP contribution in [0.1, 0.15) is 29.0 Å². The molecule has 1 unspecified atom stereocenters. The molecule has 4 heteroatoms. The monoisotopic (exact) mass is 322 g/mol. The maximum Gasteiger partial charge on any atom is 0.276 e. The van der Waals surface area contributed by atoms with E-state index >= 15 is 0 Å². The summed E-state index contributed by atoms with van der Waals surface area (Å²) in [5.74, 6) is 2.19. The molecule has 1 aliphatic carbocycles. The zero-order chi connectivity index (χ0) is 15.6. The fourth-order valence-electron chi connectivity index (χ4n) is 3.18. The first-order valence-corrected chi connectivity index (χ1v) is 8.90. The lowest BCUT2D eigenvalue weighted by Gasteiger charge is -2.08. The van der Waals surface area contributed by atoms with E-state index in [9.17, 15) is 0 Å². The molecule has 0 bridgehead atoms. The highest BCUT2D eigenvalue weighted by molar-refractivity contribution is 7.99. The van der Waals surface area contributed by atoms with Crippen LogP contribution in [0.3, 0.4) is 0 Å². The van der Waals surface area contributed by atoms with Gasteiger partial charge in [0.05, 0.1) is 0 Å². The van der Waals surface area contributed by atoms with Crippen molar-refractivity contribution in [1.82, 2.24) is 10.2 Å². The zero-order valence-corrected chi connectivity index (χ0v) is 13.8. The predicted octanol–water partition coefficient (Wildman–Crippen LogP) is 4.87. The standard InChI is InChI=1S/C19H18N2OS/c1-13-6-2-4-8-16(13)18-20-21-19(22-18)23-12-15-11-10-14-7-3-5-9-17(14)15/h2-9,15H,10-12H2,1H3. The number of fused-ring (bicyclic) bond motifs is 1. The van der Waals surface area contributed by atoms with Crippen LogP contribution in [-0.2, 0) is 6.42 Å². The lowest BCUT2D eigenvalue weighted by Crippen LogP contribution is -1.96. The summed E-state index contributed by atoms with van der Waals surface area (Å²) < 4.78 is 5.84. The van der Waals surface area contributed by atoms with Gasteiger partial charge >= 0.3 is 0 Å². The van der Waals surface area contributed by atoms with Crippen LogP contribution in [0.15, 0.2) is 58.2 Å². The summed E-state index contributed by atoms with van der Waals surface area (Å²) in [7, 11) is 0. The molecular weight excluding hydrogens is 304 g/mol. The van der Waals surface area contributed by atoms with Crippen LogP contribution < -0.4 is 0 Å². The minimum absolute atomic E-state index is 0.588. The van der Waals surface area contributed by atoms with Gasteiger partial charge in [-0.2, -0.15) is 0 Å². The smallest absolute Gasteiger partial charge is 0.276 e. The van der Waals surface area contributed by atoms with Gasteiger partial charge in [0.1, 0.15) is 0 Å². The Hall–Kier alpha value is -2.07. The first kappa shape index (κ1) is 14.5. The SMILES string of the molecule is Cc1ccccc1-c1nnc(SCC2CCc3ccccc32)o1. The van der Waals surface area contributed by atoms with Gasteiger partial charge in [0.2, 0.25) is 5.89 Å². The molecule has 0 amide bonds. The van der Waals surface area contributed by atoms with Crippen molar-refractivity contribution in [3.63, 3.8) is 0 Å². The van der Waals surface area contributed by atoms with E-state index < -0.39 is 0 Å². The Labute approximate surface area is 140 Å². The zero-order valence-electron chi connectivity index (χ0n) is 13.0. The quantitative estimate of drug-likeness (QED) is 0.643. The lowest BCUT2D eigenvalue weighted by atomic mass is 10.0. The first-order valence-electron chi connectivity index (χ1n) is 7.91. The Morgan fingerprint density at radius 2 is 1.91 bits per heavy atom. The van der Waals surface area contributed by atoms with Gasteiger partial charge < -0.3 is 4.42 Å². The molecule has 1 atom stereocenters. The van der Waals surface area contributed by atoms with Crippen LogP contribution in [0.2, 0.25) is 0 Å². The summed E-state index contributed by atoms with van der Waals surface area (Å²) in [5, 5.41) is 9.06. The van der Waals surface area contributed by atoms with E-state index in [0.717, 1.165) is 16.9 Å². The fraction of sp³-hybridized carbons (Fsp3) is 0.263. The van der Waals surface area contributed by atoms with Gasteiger partial charge in [-0.15, -0.1) is 10.2 Å². The molecule has 1 heterocycles. The van der Waals surface area contributed by atoms with Crippen LogP contribution in [-0.4, -0.2) is 16.0 Å². The third-order valence-electron chi connectivity index (χ3n) is 4.45. The molecule has 0 fully saturated rings. The number of aromatic nitrogens is 2. The molecule has 3 nitrogen and oxygen atoms in total. The number of nitrogens with zero attached hydrogens (tertiary/aromatic N) is 2. The topological polar surface area (TPSA) is 38.9 Å². The first-order chi connectivity index (χ1) is 11.3. The van der Waals surface area contributed by atoms with Gasteiger partial charge in [-0.3, -0.25) is 0 Å². The predicted molar refractivity (Wildman–Crippen MR) is 92.7 cm³/mol. The lowest BCUT2D eigenvalue weighted by molar-refractivity contribution is 0.465. The maximum absolute atomic E-state index is 5.84. The number of hydrogen-bond acceptors (Lipinski definition) is 4. The second-order valence-corrected chi connectivity index (χ2v) is 6.90. The average Bonchev–Trinajstić information content (AvgIpc) is 3.20. The van der Waals surface area contributed by atoms with Gasteiger partial charge in [-0.05, 0) is 48.4 Å². The molecule has 0 radical (unpaired) electrons. The summed E-state index contributed by atoms with van der Waals surface area (Å²) in [4.78, 5) is 0. The van der Waals surface area contributed by atoms with Crippen molar-refractivity contribution in [2.75, 3.05) is 5.75 Å². The highest BCUT2D eigenvalue weighted by Crippen LogP contribution is 2.37. The largest absolute Gasteiger partial charge is 0.411 e. The number of rotatable bonds is 4. The summed E-state index contributed by atoms with van der Waals surface area (Å²) >= 11 is 1.66. The van der Waals surface area contributed by atoms with E-state index in [0.29, 0.717) is 17.0 Å². The molecule has 1 aliphatic rings. The van der Waals surface area contributed by atoms with Gasteiger partial charge in [-0.1, -0.05) is 54.2 Å². The van der Waals surface area contributed by atoms with Crippen molar-refractivity contribution in [3.05, 3.63) is 65.2 Å². The average molecular weight is 322 g/mol. The van der Waals surface area contributed by atoms with Crippen molar-refractivity contribution in [2.45, 2.75) is 30.9 Å². The van der Waals surface area contributed by atoms with Gasteiger partial charge in [0.25, 0.3) is 5.22 Å². The molecule has 0 spiro atoms. The molecular formula is C19H18N2OS. The van der Waals surface area contributed by atoms with Crippen molar-refractivity contribution >= 4 is 11.8 Å². The molecule has 0 saturated heterocycles. The van der Waals surface area contributed by atoms with E-state index in [-0.39, 0.29) is 0 Å². The van der Waals surface area contributed by atoms with Crippen LogP contribution in [0.4, 0.5) is 0 Å². The molecule has 0 aliphatic heterocycles. The highest BCUT2D eigenvalue weighted by atomic mass is 32.2. The van der Waals surface area contributed by atoms with E-state index in [1.165, 1.54) is 24.0 Å². The Morgan fingerprint density at radius 3 is 2.83 bits per heavy atom. The normalized spacial score (nSPS) is 16.5. The molecule has 2 aromatic carbocycles. The Balaban J connectivity index is 1.46. The van der Waals surface area contributed by atoms with E-state index in [1.54, 1.807) is 11.8 Å². The van der Waals surface area contributed by atoms with Gasteiger partial charge in [0.15, 0.2) is 0 Å². The van der Waals surface area contributed by atoms with E-state index in [1.807, 2.05) is 18.2 Å². The number of thioether (sulfide) groups is 1. The van der Waals surface area contributed by atoms with Crippen LogP contribution in [0.25, 0.3) is 11.5 Å². The minimum Gasteiger partial charge on any atom is -0.411 e. The minimum atomic E-state index is 0.588. The summed E-state index contributed by atoms with van der Waals surface area (Å²) in [6.45, 7) is 2.06. The molecule has 1 aromatic heterocycles. The molecule has 4 rings (SSSR count). The molecule has 0 saturated carbocycles. The summed E-state index contributed by atoms with van der Waals surface area (Å²) in [6, 6.07) is 16.8. The maximum atomic E-state index is 5.84. The van der Waals surface area contributed by atoms with Crippen molar-refractivity contribution in [3.8, 4) is 11.5 Å². The van der Waals surface area contributed by atoms with E-state index in [4.69, 9.17) is 4.42 Å². The fourth-order valence-corrected chi connectivity index (χ4v) is 4.11. The number of hydrogen-bond donors (Lipinski definition) is 0. The summed E-state index contributed by atoms with van der Waals surface area (Å²) in [6.07, 6.45) is 2.39. The van der Waals surface area contributed by atoms with Gasteiger partial charge in [-0.25, -0.2) is 0 Å². The molecule has 3 aromatic rings. The van der Waals surface area contributed by atoms with E-state index in [2.05, 4.69) is 47.5 Å². The number of aryl methyl sites for hydroxylation is 2. The number of benzene rings is 2. The third kappa shape index (κ3) is 2.91. The molecule has 0 N–H and O–H groups in total. The van der Waals surface area contributed by atoms with Crippen molar-refractivity contribution in [1.29, 1.82) is 0 Å². The second-order valence-electron chi connectivity index (χ2n) is 5.93. The van der Waals surface area contributed by atoms with Crippen LogP contribution >= 0.6 is 11.8 Å². The van der Waals surface area contributed by atoms with Crippen LogP contribution in [0, 0.1) is 6.92 Å². The Bertz CT molecular complexity index is 827. The highest BCUT2D eigenvalue weighted by Gasteiger charge is 2.23. The Morgan fingerprint density at radius 1 is 1.09 bits per heavy atom. The molecule has 116 valence electrons.